The van der Waals surface area contributed by atoms with Gasteiger partial charge >= 0.3 is 0 Å². The van der Waals surface area contributed by atoms with Gasteiger partial charge in [-0.05, 0) is 31.9 Å². The molecular weight excluding hydrogens is 246 g/mol. The number of rotatable bonds is 6. The SMILES string of the molecule is COc1ccccc1CN[C@H](C)Cc1ccc(C)cc1. The van der Waals surface area contributed by atoms with Gasteiger partial charge in [0.1, 0.15) is 5.75 Å². The quantitative estimate of drug-likeness (QED) is 0.863. The second-order valence-corrected chi connectivity index (χ2v) is 5.28. The molecule has 2 aromatic carbocycles. The first kappa shape index (κ1) is 14.6. The summed E-state index contributed by atoms with van der Waals surface area (Å²) in [7, 11) is 1.72. The Kier molecular flexibility index (Phi) is 5.19. The Hall–Kier alpha value is -1.80. The van der Waals surface area contributed by atoms with E-state index in [2.05, 4.69) is 49.5 Å². The highest BCUT2D eigenvalue weighted by Crippen LogP contribution is 2.17. The fourth-order valence-corrected chi connectivity index (χ4v) is 2.28. The Morgan fingerprint density at radius 1 is 1.05 bits per heavy atom. The first-order valence-corrected chi connectivity index (χ1v) is 7.10. The topological polar surface area (TPSA) is 21.3 Å². The highest BCUT2D eigenvalue weighted by molar-refractivity contribution is 5.33. The van der Waals surface area contributed by atoms with Crippen molar-refractivity contribution in [3.63, 3.8) is 0 Å². The molecule has 0 unspecified atom stereocenters. The zero-order valence-electron chi connectivity index (χ0n) is 12.5. The van der Waals surface area contributed by atoms with Gasteiger partial charge in [-0.1, -0.05) is 48.0 Å². The van der Waals surface area contributed by atoms with Gasteiger partial charge in [0.2, 0.25) is 0 Å². The molecule has 2 nitrogen and oxygen atoms in total. The number of nitrogens with one attached hydrogen (secondary N) is 1. The highest BCUT2D eigenvalue weighted by Gasteiger charge is 2.06. The molecule has 2 aromatic rings. The van der Waals surface area contributed by atoms with Crippen LogP contribution in [0.1, 0.15) is 23.6 Å². The first-order chi connectivity index (χ1) is 9.69. The molecule has 0 bridgehead atoms. The molecular formula is C18H23NO. The Bertz CT molecular complexity index is 533. The second kappa shape index (κ2) is 7.11. The third-order valence-corrected chi connectivity index (χ3v) is 3.50. The minimum atomic E-state index is 0.433. The Morgan fingerprint density at radius 3 is 2.45 bits per heavy atom. The van der Waals surface area contributed by atoms with Gasteiger partial charge in [-0.25, -0.2) is 0 Å². The largest absolute Gasteiger partial charge is 0.496 e. The average Bonchev–Trinajstić information content (AvgIpc) is 2.48. The Balaban J connectivity index is 1.88. The van der Waals surface area contributed by atoms with Crippen molar-refractivity contribution in [3.8, 4) is 5.75 Å². The summed E-state index contributed by atoms with van der Waals surface area (Å²) in [5.74, 6) is 0.947. The van der Waals surface area contributed by atoms with Crippen molar-refractivity contribution in [2.24, 2.45) is 0 Å². The molecule has 20 heavy (non-hydrogen) atoms. The van der Waals surface area contributed by atoms with E-state index in [-0.39, 0.29) is 0 Å². The monoisotopic (exact) mass is 269 g/mol. The van der Waals surface area contributed by atoms with Gasteiger partial charge in [-0.2, -0.15) is 0 Å². The van der Waals surface area contributed by atoms with Crippen LogP contribution in [0.15, 0.2) is 48.5 Å². The first-order valence-electron chi connectivity index (χ1n) is 7.10. The van der Waals surface area contributed by atoms with Crippen molar-refractivity contribution in [1.29, 1.82) is 0 Å². The summed E-state index contributed by atoms with van der Waals surface area (Å²) >= 11 is 0. The molecule has 1 N–H and O–H groups in total. The van der Waals surface area contributed by atoms with Crippen LogP contribution in [0, 0.1) is 6.92 Å². The number of hydrogen-bond donors (Lipinski definition) is 1. The number of methoxy groups -OCH3 is 1. The van der Waals surface area contributed by atoms with Crippen LogP contribution in [0.2, 0.25) is 0 Å². The van der Waals surface area contributed by atoms with Crippen LogP contribution in [0.3, 0.4) is 0 Å². The van der Waals surface area contributed by atoms with E-state index in [9.17, 15) is 0 Å². The summed E-state index contributed by atoms with van der Waals surface area (Å²) < 4.78 is 5.37. The van der Waals surface area contributed by atoms with E-state index >= 15 is 0 Å². The van der Waals surface area contributed by atoms with Crippen LogP contribution in [0.5, 0.6) is 5.75 Å². The van der Waals surface area contributed by atoms with Crippen LogP contribution in [0.25, 0.3) is 0 Å². The fourth-order valence-electron chi connectivity index (χ4n) is 2.28. The van der Waals surface area contributed by atoms with Crippen molar-refractivity contribution < 1.29 is 4.74 Å². The number of benzene rings is 2. The summed E-state index contributed by atoms with van der Waals surface area (Å²) in [5.41, 5.74) is 3.88. The number of ether oxygens (including phenoxy) is 1. The lowest BCUT2D eigenvalue weighted by atomic mass is 10.1. The van der Waals surface area contributed by atoms with Crippen LogP contribution in [0.4, 0.5) is 0 Å². The molecule has 2 heteroatoms. The van der Waals surface area contributed by atoms with E-state index in [1.807, 2.05) is 18.2 Å². The fraction of sp³-hybridized carbons (Fsp3) is 0.333. The van der Waals surface area contributed by atoms with Gasteiger partial charge in [0, 0.05) is 18.2 Å². The lowest BCUT2D eigenvalue weighted by Crippen LogP contribution is -2.27. The van der Waals surface area contributed by atoms with Gasteiger partial charge in [-0.15, -0.1) is 0 Å². The predicted octanol–water partition coefficient (Wildman–Crippen LogP) is 3.72. The van der Waals surface area contributed by atoms with Gasteiger partial charge in [0.15, 0.2) is 0 Å². The van der Waals surface area contributed by atoms with E-state index < -0.39 is 0 Å². The van der Waals surface area contributed by atoms with Crippen molar-refractivity contribution in [2.75, 3.05) is 7.11 Å². The van der Waals surface area contributed by atoms with Crippen LogP contribution >= 0.6 is 0 Å². The molecule has 0 saturated carbocycles. The molecule has 0 saturated heterocycles. The minimum absolute atomic E-state index is 0.433. The van der Waals surface area contributed by atoms with Crippen molar-refractivity contribution >= 4 is 0 Å². The molecule has 0 heterocycles. The molecule has 0 aliphatic carbocycles. The second-order valence-electron chi connectivity index (χ2n) is 5.28. The maximum Gasteiger partial charge on any atom is 0.123 e. The number of para-hydroxylation sites is 1. The molecule has 0 aliphatic rings. The van der Waals surface area contributed by atoms with Crippen molar-refractivity contribution in [2.45, 2.75) is 32.9 Å². The van der Waals surface area contributed by atoms with Crippen molar-refractivity contribution in [3.05, 3.63) is 65.2 Å². The summed E-state index contributed by atoms with van der Waals surface area (Å²) in [6.07, 6.45) is 1.04. The average molecular weight is 269 g/mol. The maximum absolute atomic E-state index is 5.37. The lowest BCUT2D eigenvalue weighted by Gasteiger charge is -2.15. The molecule has 106 valence electrons. The normalized spacial score (nSPS) is 12.2. The van der Waals surface area contributed by atoms with Crippen molar-refractivity contribution in [1.82, 2.24) is 5.32 Å². The standard InChI is InChI=1S/C18H23NO/c1-14-8-10-16(11-9-14)12-15(2)19-13-17-6-4-5-7-18(17)20-3/h4-11,15,19H,12-13H2,1-3H3/t15-/m1/s1. The summed E-state index contributed by atoms with van der Waals surface area (Å²) in [6, 6.07) is 17.3. The Morgan fingerprint density at radius 2 is 1.75 bits per heavy atom. The van der Waals surface area contributed by atoms with Gasteiger partial charge in [0.25, 0.3) is 0 Å². The zero-order chi connectivity index (χ0) is 14.4. The van der Waals surface area contributed by atoms with E-state index in [0.29, 0.717) is 6.04 Å². The minimum Gasteiger partial charge on any atom is -0.496 e. The molecule has 2 rings (SSSR count). The van der Waals surface area contributed by atoms with E-state index in [1.54, 1.807) is 7.11 Å². The van der Waals surface area contributed by atoms with E-state index in [4.69, 9.17) is 4.74 Å². The number of aryl methyl sites for hydroxylation is 1. The van der Waals surface area contributed by atoms with E-state index in [0.717, 1.165) is 18.7 Å². The smallest absolute Gasteiger partial charge is 0.123 e. The lowest BCUT2D eigenvalue weighted by molar-refractivity contribution is 0.405. The van der Waals surface area contributed by atoms with Gasteiger partial charge in [0.05, 0.1) is 7.11 Å². The maximum atomic E-state index is 5.37. The third kappa shape index (κ3) is 4.10. The summed E-state index contributed by atoms with van der Waals surface area (Å²) in [6.45, 7) is 5.17. The number of hydrogen-bond acceptors (Lipinski definition) is 2. The Labute approximate surface area is 121 Å². The van der Waals surface area contributed by atoms with Gasteiger partial charge in [-0.3, -0.25) is 0 Å². The van der Waals surface area contributed by atoms with Crippen LogP contribution in [-0.2, 0) is 13.0 Å². The third-order valence-electron chi connectivity index (χ3n) is 3.50. The molecule has 0 aliphatic heterocycles. The molecule has 0 spiro atoms. The zero-order valence-corrected chi connectivity index (χ0v) is 12.5. The van der Waals surface area contributed by atoms with Crippen LogP contribution < -0.4 is 10.1 Å². The molecule has 0 amide bonds. The highest BCUT2D eigenvalue weighted by atomic mass is 16.5. The summed E-state index contributed by atoms with van der Waals surface area (Å²) in [4.78, 5) is 0. The molecule has 0 fully saturated rings. The summed E-state index contributed by atoms with van der Waals surface area (Å²) in [5, 5.41) is 3.56. The van der Waals surface area contributed by atoms with Crippen LogP contribution in [-0.4, -0.2) is 13.2 Å². The predicted molar refractivity (Wildman–Crippen MR) is 84.2 cm³/mol. The van der Waals surface area contributed by atoms with E-state index in [1.165, 1.54) is 16.7 Å². The molecule has 0 aromatic heterocycles. The van der Waals surface area contributed by atoms with Gasteiger partial charge < -0.3 is 10.1 Å². The molecule has 0 radical (unpaired) electrons. The molecule has 1 atom stereocenters.